The molecular weight excluding hydrogens is 397 g/mol. The third-order valence-corrected chi connectivity index (χ3v) is 4.91. The highest BCUT2D eigenvalue weighted by Gasteiger charge is 2.43. The van der Waals surface area contributed by atoms with Gasteiger partial charge < -0.3 is 9.80 Å². The summed E-state index contributed by atoms with van der Waals surface area (Å²) in [4.78, 5) is 20.9. The normalized spacial score (nSPS) is 21.5. The number of fused-ring (bicyclic) bond motifs is 1. The number of anilines is 1. The van der Waals surface area contributed by atoms with Crippen LogP contribution in [0.3, 0.4) is 0 Å². The maximum atomic E-state index is 13.3. The Kier molecular flexibility index (Phi) is 6.83. The zero-order valence-electron chi connectivity index (χ0n) is 14.6. The van der Waals surface area contributed by atoms with E-state index in [1.165, 1.54) is 0 Å². The number of rotatable bonds is 2. The molecule has 1 unspecified atom stereocenters. The van der Waals surface area contributed by atoms with Crippen LogP contribution in [0.2, 0.25) is 0 Å². The van der Waals surface area contributed by atoms with Crippen LogP contribution in [0.1, 0.15) is 6.42 Å². The Hall–Kier alpha value is -1.70. The standard InChI is InChI=1S/C18H20F2N4O.2ClH/c19-18(20)11-15(21-12-18)17(25)24-9-7-23(8-10-24)16-6-5-13-3-1-2-4-14(13)22-16;;/h1-6,15,21H,7-12H2;2*1H. The van der Waals surface area contributed by atoms with E-state index in [-0.39, 0.29) is 30.7 Å². The second kappa shape index (κ2) is 8.54. The summed E-state index contributed by atoms with van der Waals surface area (Å²) in [6.45, 7) is 1.94. The molecule has 2 saturated heterocycles. The molecule has 3 heterocycles. The molecule has 1 aromatic carbocycles. The van der Waals surface area contributed by atoms with E-state index in [1.54, 1.807) is 4.90 Å². The number of para-hydroxylation sites is 1. The lowest BCUT2D eigenvalue weighted by molar-refractivity contribution is -0.134. The van der Waals surface area contributed by atoms with E-state index in [2.05, 4.69) is 15.2 Å². The van der Waals surface area contributed by atoms with Crippen LogP contribution in [0.25, 0.3) is 10.9 Å². The molecule has 9 heteroatoms. The van der Waals surface area contributed by atoms with Gasteiger partial charge in [-0.15, -0.1) is 24.8 Å². The molecule has 0 aliphatic carbocycles. The van der Waals surface area contributed by atoms with E-state index < -0.39 is 24.9 Å². The number of carbonyl (C=O) groups is 1. The highest BCUT2D eigenvalue weighted by atomic mass is 35.5. The molecule has 2 fully saturated rings. The van der Waals surface area contributed by atoms with E-state index in [1.807, 2.05) is 36.4 Å². The van der Waals surface area contributed by atoms with Crippen molar-refractivity contribution in [3.8, 4) is 0 Å². The molecule has 5 nitrogen and oxygen atoms in total. The van der Waals surface area contributed by atoms with Crippen LogP contribution >= 0.6 is 24.8 Å². The number of carbonyl (C=O) groups excluding carboxylic acids is 1. The third kappa shape index (κ3) is 4.59. The molecule has 2 aromatic rings. The van der Waals surface area contributed by atoms with Gasteiger partial charge in [0.05, 0.1) is 18.1 Å². The van der Waals surface area contributed by atoms with Gasteiger partial charge in [-0.3, -0.25) is 10.1 Å². The minimum absolute atomic E-state index is 0. The third-order valence-electron chi connectivity index (χ3n) is 4.91. The van der Waals surface area contributed by atoms with Crippen molar-refractivity contribution in [2.75, 3.05) is 37.6 Å². The molecule has 0 radical (unpaired) electrons. The zero-order valence-corrected chi connectivity index (χ0v) is 16.2. The molecule has 2 aliphatic rings. The van der Waals surface area contributed by atoms with Gasteiger partial charge in [-0.2, -0.15) is 0 Å². The molecule has 1 N–H and O–H groups in total. The second-order valence-corrected chi connectivity index (χ2v) is 6.67. The Balaban J connectivity index is 0.00000131. The van der Waals surface area contributed by atoms with Crippen LogP contribution in [0, 0.1) is 0 Å². The van der Waals surface area contributed by atoms with Gasteiger partial charge in [0.2, 0.25) is 5.91 Å². The second-order valence-electron chi connectivity index (χ2n) is 6.67. The molecule has 2 aliphatic heterocycles. The summed E-state index contributed by atoms with van der Waals surface area (Å²) in [6.07, 6.45) is -0.404. The van der Waals surface area contributed by atoms with Gasteiger partial charge in [-0.05, 0) is 18.2 Å². The number of pyridine rings is 1. The summed E-state index contributed by atoms with van der Waals surface area (Å²) in [6, 6.07) is 11.2. The van der Waals surface area contributed by atoms with E-state index in [4.69, 9.17) is 0 Å². The number of alkyl halides is 2. The van der Waals surface area contributed by atoms with Gasteiger partial charge in [0.1, 0.15) is 5.82 Å². The summed E-state index contributed by atoms with van der Waals surface area (Å²) < 4.78 is 26.6. The summed E-state index contributed by atoms with van der Waals surface area (Å²) in [7, 11) is 0. The number of hydrogen-bond donors (Lipinski definition) is 1. The number of nitrogens with zero attached hydrogens (tertiary/aromatic N) is 3. The van der Waals surface area contributed by atoms with E-state index in [9.17, 15) is 13.6 Å². The van der Waals surface area contributed by atoms with Crippen molar-refractivity contribution in [2.45, 2.75) is 18.4 Å². The number of halogens is 4. The molecule has 1 aromatic heterocycles. The number of nitrogens with one attached hydrogen (secondary N) is 1. The van der Waals surface area contributed by atoms with Gasteiger partial charge in [0, 0.05) is 38.0 Å². The van der Waals surface area contributed by atoms with Crippen molar-refractivity contribution in [1.29, 1.82) is 0 Å². The number of benzene rings is 1. The van der Waals surface area contributed by atoms with Crippen molar-refractivity contribution < 1.29 is 13.6 Å². The van der Waals surface area contributed by atoms with Crippen LogP contribution in [0.4, 0.5) is 14.6 Å². The molecule has 0 spiro atoms. The van der Waals surface area contributed by atoms with Crippen molar-refractivity contribution in [1.82, 2.24) is 15.2 Å². The Morgan fingerprint density at radius 1 is 1.07 bits per heavy atom. The predicted molar refractivity (Wildman–Crippen MR) is 106 cm³/mol. The number of aromatic nitrogens is 1. The molecule has 0 bridgehead atoms. The van der Waals surface area contributed by atoms with Crippen LogP contribution in [-0.2, 0) is 4.79 Å². The lowest BCUT2D eigenvalue weighted by atomic mass is 10.1. The fourth-order valence-corrected chi connectivity index (χ4v) is 3.50. The van der Waals surface area contributed by atoms with Crippen molar-refractivity contribution >= 4 is 47.4 Å². The summed E-state index contributed by atoms with van der Waals surface area (Å²) in [5.74, 6) is -2.11. The maximum Gasteiger partial charge on any atom is 0.262 e. The minimum Gasteiger partial charge on any atom is -0.353 e. The largest absolute Gasteiger partial charge is 0.353 e. The van der Waals surface area contributed by atoms with Crippen LogP contribution in [0.15, 0.2) is 36.4 Å². The molecule has 4 rings (SSSR count). The SMILES string of the molecule is Cl.Cl.O=C(C1CC(F)(F)CN1)N1CCN(c2ccc3ccccc3n2)CC1. The Morgan fingerprint density at radius 3 is 2.44 bits per heavy atom. The summed E-state index contributed by atoms with van der Waals surface area (Å²) in [5, 5.41) is 3.73. The zero-order chi connectivity index (χ0) is 17.4. The van der Waals surface area contributed by atoms with Gasteiger partial charge in [-0.1, -0.05) is 18.2 Å². The highest BCUT2D eigenvalue weighted by Crippen LogP contribution is 2.26. The monoisotopic (exact) mass is 418 g/mol. The van der Waals surface area contributed by atoms with E-state index in [0.29, 0.717) is 26.2 Å². The molecule has 27 heavy (non-hydrogen) atoms. The number of piperazine rings is 1. The molecular formula is C18H22Cl2F2N4O. The van der Waals surface area contributed by atoms with E-state index >= 15 is 0 Å². The Morgan fingerprint density at radius 2 is 1.78 bits per heavy atom. The van der Waals surface area contributed by atoms with Crippen LogP contribution < -0.4 is 10.2 Å². The fraction of sp³-hybridized carbons (Fsp3) is 0.444. The first kappa shape index (κ1) is 21.6. The quantitative estimate of drug-likeness (QED) is 0.814. The lowest BCUT2D eigenvalue weighted by Gasteiger charge is -2.36. The first-order chi connectivity index (χ1) is 12.0. The molecule has 1 amide bonds. The van der Waals surface area contributed by atoms with Crippen molar-refractivity contribution in [2.24, 2.45) is 0 Å². The smallest absolute Gasteiger partial charge is 0.262 e. The lowest BCUT2D eigenvalue weighted by Crippen LogP contribution is -2.53. The Bertz CT molecular complexity index is 800. The maximum absolute atomic E-state index is 13.3. The Labute approximate surface area is 168 Å². The highest BCUT2D eigenvalue weighted by molar-refractivity contribution is 5.85. The van der Waals surface area contributed by atoms with Gasteiger partial charge >= 0.3 is 0 Å². The summed E-state index contributed by atoms with van der Waals surface area (Å²) >= 11 is 0. The van der Waals surface area contributed by atoms with Crippen molar-refractivity contribution in [3.63, 3.8) is 0 Å². The van der Waals surface area contributed by atoms with Crippen molar-refractivity contribution in [3.05, 3.63) is 36.4 Å². The van der Waals surface area contributed by atoms with Gasteiger partial charge in [0.15, 0.2) is 0 Å². The van der Waals surface area contributed by atoms with E-state index in [0.717, 1.165) is 16.7 Å². The average Bonchev–Trinajstić information content (AvgIpc) is 3.01. The first-order valence-electron chi connectivity index (χ1n) is 8.53. The number of amides is 1. The summed E-state index contributed by atoms with van der Waals surface area (Å²) in [5.41, 5.74) is 0.941. The fourth-order valence-electron chi connectivity index (χ4n) is 3.50. The number of hydrogen-bond acceptors (Lipinski definition) is 4. The molecule has 0 saturated carbocycles. The topological polar surface area (TPSA) is 48.5 Å². The molecule has 148 valence electrons. The average molecular weight is 419 g/mol. The first-order valence-corrected chi connectivity index (χ1v) is 8.53. The minimum atomic E-state index is -2.78. The predicted octanol–water partition coefficient (Wildman–Crippen LogP) is 2.72. The van der Waals surface area contributed by atoms with Crippen LogP contribution in [0.5, 0.6) is 0 Å². The molecule has 1 atom stereocenters. The van der Waals surface area contributed by atoms with Gasteiger partial charge in [-0.25, -0.2) is 13.8 Å². The van der Waals surface area contributed by atoms with Gasteiger partial charge in [0.25, 0.3) is 5.92 Å². The van der Waals surface area contributed by atoms with Crippen LogP contribution in [-0.4, -0.2) is 60.5 Å².